The fourth-order valence-electron chi connectivity index (χ4n) is 4.25. The highest BCUT2D eigenvalue weighted by Gasteiger charge is 2.33. The molecule has 3 aromatic carbocycles. The highest BCUT2D eigenvalue weighted by atomic mass is 35.5. The largest absolute Gasteiger partial charge is 0.486 e. The maximum atomic E-state index is 14.0. The number of nitrogens with zero attached hydrogens (tertiary/aromatic N) is 2. The third kappa shape index (κ3) is 6.86. The Morgan fingerprint density at radius 3 is 2.40 bits per heavy atom. The van der Waals surface area contributed by atoms with Crippen LogP contribution < -0.4 is 19.1 Å². The summed E-state index contributed by atoms with van der Waals surface area (Å²) in [6, 6.07) is 18.7. The molecule has 1 aliphatic rings. The zero-order valence-electron chi connectivity index (χ0n) is 22.4. The van der Waals surface area contributed by atoms with Crippen LogP contribution >= 0.6 is 11.6 Å². The summed E-state index contributed by atoms with van der Waals surface area (Å²) in [5.41, 5.74) is 0.931. The molecule has 1 atom stereocenters. The van der Waals surface area contributed by atoms with Crippen LogP contribution in [0.4, 0.5) is 5.69 Å². The van der Waals surface area contributed by atoms with Crippen LogP contribution in [-0.2, 0) is 26.2 Å². The number of rotatable bonds is 11. The lowest BCUT2D eigenvalue weighted by molar-refractivity contribution is -0.139. The van der Waals surface area contributed by atoms with Gasteiger partial charge in [-0.2, -0.15) is 0 Å². The number of carbonyl (C=O) groups is 2. The Kier molecular flexibility index (Phi) is 9.54. The molecule has 0 saturated carbocycles. The van der Waals surface area contributed by atoms with E-state index in [0.29, 0.717) is 41.8 Å². The first-order chi connectivity index (χ1) is 19.2. The van der Waals surface area contributed by atoms with Gasteiger partial charge in [0.25, 0.3) is 10.0 Å². The minimum Gasteiger partial charge on any atom is -0.486 e. The highest BCUT2D eigenvalue weighted by Crippen LogP contribution is 2.36. The number of amides is 2. The molecule has 0 fully saturated rings. The molecule has 1 aliphatic heterocycles. The molecular formula is C29H32ClN3O6S. The van der Waals surface area contributed by atoms with Crippen LogP contribution in [0.25, 0.3) is 0 Å². The number of benzene rings is 3. The van der Waals surface area contributed by atoms with Crippen molar-refractivity contribution >= 4 is 39.1 Å². The third-order valence-electron chi connectivity index (χ3n) is 6.38. The topological polar surface area (TPSA) is 105 Å². The summed E-state index contributed by atoms with van der Waals surface area (Å²) in [6.45, 7) is 4.20. The molecule has 1 heterocycles. The summed E-state index contributed by atoms with van der Waals surface area (Å²) in [6.07, 6.45) is 0.730. The van der Waals surface area contributed by atoms with Gasteiger partial charge in [0.1, 0.15) is 25.8 Å². The summed E-state index contributed by atoms with van der Waals surface area (Å²) in [5, 5.41) is 3.30. The van der Waals surface area contributed by atoms with Crippen LogP contribution in [0.1, 0.15) is 25.8 Å². The van der Waals surface area contributed by atoms with E-state index >= 15 is 0 Å². The highest BCUT2D eigenvalue weighted by molar-refractivity contribution is 7.92. The zero-order valence-corrected chi connectivity index (χ0v) is 24.0. The molecule has 212 valence electrons. The van der Waals surface area contributed by atoms with Crippen LogP contribution in [0.2, 0.25) is 5.02 Å². The van der Waals surface area contributed by atoms with Gasteiger partial charge in [0.15, 0.2) is 11.5 Å². The molecule has 0 bridgehead atoms. The Bertz CT molecular complexity index is 1450. The van der Waals surface area contributed by atoms with Gasteiger partial charge in [-0.3, -0.25) is 13.9 Å². The first-order valence-electron chi connectivity index (χ1n) is 13.0. The normalized spacial score (nSPS) is 13.3. The van der Waals surface area contributed by atoms with Gasteiger partial charge in [-0.05, 0) is 55.3 Å². The second kappa shape index (κ2) is 13.1. The number of halogens is 1. The number of anilines is 1. The van der Waals surface area contributed by atoms with Crippen molar-refractivity contribution in [3.05, 3.63) is 83.4 Å². The molecule has 1 N–H and O–H groups in total. The summed E-state index contributed by atoms with van der Waals surface area (Å²) >= 11 is 6.18. The van der Waals surface area contributed by atoms with E-state index in [0.717, 1.165) is 10.7 Å². The van der Waals surface area contributed by atoms with Gasteiger partial charge < -0.3 is 19.7 Å². The average Bonchev–Trinajstić information content (AvgIpc) is 2.97. The quantitative estimate of drug-likeness (QED) is 0.361. The van der Waals surface area contributed by atoms with E-state index in [1.165, 1.54) is 17.0 Å². The van der Waals surface area contributed by atoms with Crippen molar-refractivity contribution < 1.29 is 27.5 Å². The van der Waals surface area contributed by atoms with Gasteiger partial charge >= 0.3 is 0 Å². The zero-order chi connectivity index (χ0) is 28.7. The maximum Gasteiger partial charge on any atom is 0.264 e. The van der Waals surface area contributed by atoms with Crippen molar-refractivity contribution in [1.82, 2.24) is 10.2 Å². The predicted molar refractivity (Wildman–Crippen MR) is 153 cm³/mol. The van der Waals surface area contributed by atoms with Crippen molar-refractivity contribution in [2.75, 3.05) is 30.6 Å². The van der Waals surface area contributed by atoms with Crippen molar-refractivity contribution in [2.24, 2.45) is 0 Å². The van der Waals surface area contributed by atoms with E-state index in [-0.39, 0.29) is 23.0 Å². The summed E-state index contributed by atoms with van der Waals surface area (Å²) < 4.78 is 40.1. The first-order valence-corrected chi connectivity index (χ1v) is 14.8. The number of sulfonamides is 1. The Labute approximate surface area is 239 Å². The molecule has 40 heavy (non-hydrogen) atoms. The van der Waals surface area contributed by atoms with Crippen LogP contribution in [0.15, 0.2) is 77.7 Å². The number of carbonyl (C=O) groups excluding carboxylic acids is 2. The smallest absolute Gasteiger partial charge is 0.264 e. The van der Waals surface area contributed by atoms with Crippen LogP contribution in [0.3, 0.4) is 0 Å². The average molecular weight is 586 g/mol. The molecule has 0 radical (unpaired) electrons. The molecule has 0 unspecified atom stereocenters. The van der Waals surface area contributed by atoms with Crippen molar-refractivity contribution in [2.45, 2.75) is 37.8 Å². The number of fused-ring (bicyclic) bond motifs is 1. The molecule has 0 aromatic heterocycles. The number of nitrogens with one attached hydrogen (secondary N) is 1. The minimum atomic E-state index is -4.18. The van der Waals surface area contributed by atoms with Gasteiger partial charge in [-0.25, -0.2) is 8.42 Å². The SMILES string of the molecule is CCCNC(=O)[C@@H](C)N(Cc1cccc(Cl)c1)C(=O)CN(c1ccc2c(c1)OCCO2)S(=O)(=O)c1ccccc1. The van der Waals surface area contributed by atoms with Crippen LogP contribution in [0, 0.1) is 0 Å². The number of ether oxygens (including phenoxy) is 2. The standard InChI is InChI=1S/C29H32ClN3O6S/c1-3-14-31-29(35)21(2)32(19-22-8-7-9-23(30)17-22)28(34)20-33(40(36,37)25-10-5-4-6-11-25)24-12-13-26-27(18-24)39-16-15-38-26/h4-13,17-18,21H,3,14-16,19-20H2,1-2H3,(H,31,35)/t21-/m1/s1. The van der Waals surface area contributed by atoms with E-state index in [9.17, 15) is 18.0 Å². The van der Waals surface area contributed by atoms with Gasteiger partial charge in [0.05, 0.1) is 10.6 Å². The Morgan fingerprint density at radius 2 is 1.70 bits per heavy atom. The second-order valence-corrected chi connectivity index (χ2v) is 11.6. The lowest BCUT2D eigenvalue weighted by Gasteiger charge is -2.32. The molecule has 0 spiro atoms. The summed E-state index contributed by atoms with van der Waals surface area (Å²) in [5.74, 6) is -0.0303. The molecular weight excluding hydrogens is 554 g/mol. The predicted octanol–water partition coefficient (Wildman–Crippen LogP) is 4.25. The van der Waals surface area contributed by atoms with Crippen molar-refractivity contribution in [3.63, 3.8) is 0 Å². The number of hydrogen-bond acceptors (Lipinski definition) is 6. The van der Waals surface area contributed by atoms with E-state index in [1.807, 2.05) is 6.92 Å². The molecule has 11 heteroatoms. The summed E-state index contributed by atoms with van der Waals surface area (Å²) in [4.78, 5) is 28.3. The van der Waals surface area contributed by atoms with E-state index in [4.69, 9.17) is 21.1 Å². The second-order valence-electron chi connectivity index (χ2n) is 9.27. The van der Waals surface area contributed by atoms with E-state index < -0.39 is 28.5 Å². The fraction of sp³-hybridized carbons (Fsp3) is 0.310. The van der Waals surface area contributed by atoms with Crippen molar-refractivity contribution in [1.29, 1.82) is 0 Å². The minimum absolute atomic E-state index is 0.0211. The van der Waals surface area contributed by atoms with E-state index in [1.54, 1.807) is 67.6 Å². The molecule has 0 saturated heterocycles. The molecule has 4 rings (SSSR count). The Hall–Kier alpha value is -3.76. The van der Waals surface area contributed by atoms with Gasteiger partial charge in [0, 0.05) is 24.2 Å². The van der Waals surface area contributed by atoms with Gasteiger partial charge in [0.2, 0.25) is 11.8 Å². The lowest BCUT2D eigenvalue weighted by Crippen LogP contribution is -2.51. The van der Waals surface area contributed by atoms with Gasteiger partial charge in [-0.15, -0.1) is 0 Å². The number of hydrogen-bond donors (Lipinski definition) is 1. The molecule has 9 nitrogen and oxygen atoms in total. The Balaban J connectivity index is 1.72. The van der Waals surface area contributed by atoms with Crippen molar-refractivity contribution in [3.8, 4) is 11.5 Å². The summed E-state index contributed by atoms with van der Waals surface area (Å²) in [7, 11) is -4.18. The van der Waals surface area contributed by atoms with Crippen LogP contribution in [0.5, 0.6) is 11.5 Å². The van der Waals surface area contributed by atoms with E-state index in [2.05, 4.69) is 5.32 Å². The first kappa shape index (κ1) is 29.2. The van der Waals surface area contributed by atoms with Crippen LogP contribution in [-0.4, -0.2) is 57.5 Å². The Morgan fingerprint density at radius 1 is 0.975 bits per heavy atom. The third-order valence-corrected chi connectivity index (χ3v) is 8.41. The molecule has 2 amide bonds. The fourth-order valence-corrected chi connectivity index (χ4v) is 5.89. The lowest BCUT2D eigenvalue weighted by atomic mass is 10.1. The molecule has 3 aromatic rings. The monoisotopic (exact) mass is 585 g/mol. The maximum absolute atomic E-state index is 14.0. The molecule has 0 aliphatic carbocycles. The van der Waals surface area contributed by atoms with Gasteiger partial charge in [-0.1, -0.05) is 48.9 Å².